The SMILES string of the molecule is CC1=C(C(=O)Nc2cc(C(=O)O)ccn2)C(c2cccc(C(F)C(F)F)c2Cl)N=C(Nc2nc3ccc(F)cc3o2)N1. The number of hydrogen-bond donors (Lipinski definition) is 4. The fourth-order valence-corrected chi connectivity index (χ4v) is 4.59. The molecule has 2 atom stereocenters. The van der Waals surface area contributed by atoms with Gasteiger partial charge in [0.05, 0.1) is 16.2 Å². The van der Waals surface area contributed by atoms with Gasteiger partial charge in [-0.3, -0.25) is 10.1 Å². The molecular formula is C27H19ClF4N6O4. The lowest BCUT2D eigenvalue weighted by molar-refractivity contribution is -0.113. The number of carboxylic acid groups (broad SMARTS) is 1. The van der Waals surface area contributed by atoms with E-state index in [1.807, 2.05) is 0 Å². The highest BCUT2D eigenvalue weighted by atomic mass is 35.5. The Balaban J connectivity index is 1.55. The minimum absolute atomic E-state index is 0.0146. The van der Waals surface area contributed by atoms with Crippen LogP contribution in [-0.2, 0) is 4.79 Å². The van der Waals surface area contributed by atoms with Gasteiger partial charge in [-0.1, -0.05) is 29.8 Å². The van der Waals surface area contributed by atoms with Crippen molar-refractivity contribution in [3.63, 3.8) is 0 Å². The molecule has 5 rings (SSSR count). The van der Waals surface area contributed by atoms with Crippen molar-refractivity contribution in [2.75, 3.05) is 10.6 Å². The summed E-state index contributed by atoms with van der Waals surface area (Å²) >= 11 is 6.41. The Labute approximate surface area is 239 Å². The first kappa shape index (κ1) is 28.5. The zero-order chi connectivity index (χ0) is 30.1. The van der Waals surface area contributed by atoms with Crippen LogP contribution in [0.25, 0.3) is 11.1 Å². The maximum Gasteiger partial charge on any atom is 0.335 e. The Morgan fingerprint density at radius 1 is 1.14 bits per heavy atom. The van der Waals surface area contributed by atoms with Crippen LogP contribution < -0.4 is 16.0 Å². The minimum atomic E-state index is -3.36. The smallest absolute Gasteiger partial charge is 0.335 e. The van der Waals surface area contributed by atoms with Gasteiger partial charge in [0.1, 0.15) is 23.2 Å². The lowest BCUT2D eigenvalue weighted by Crippen LogP contribution is -2.37. The molecule has 2 aromatic carbocycles. The summed E-state index contributed by atoms with van der Waals surface area (Å²) in [6.45, 7) is 1.51. The molecule has 4 N–H and O–H groups in total. The van der Waals surface area contributed by atoms with Crippen molar-refractivity contribution in [3.8, 4) is 0 Å². The van der Waals surface area contributed by atoms with Crippen molar-refractivity contribution in [1.29, 1.82) is 0 Å². The summed E-state index contributed by atoms with van der Waals surface area (Å²) in [5.41, 5.74) is 0.0190. The number of nitrogens with one attached hydrogen (secondary N) is 3. The summed E-state index contributed by atoms with van der Waals surface area (Å²) in [5, 5.41) is 17.0. The number of hydrogen-bond acceptors (Lipinski definition) is 8. The number of nitrogens with zero attached hydrogens (tertiary/aromatic N) is 3. The largest absolute Gasteiger partial charge is 0.478 e. The van der Waals surface area contributed by atoms with E-state index in [-0.39, 0.29) is 50.8 Å². The van der Waals surface area contributed by atoms with E-state index in [0.717, 1.165) is 18.2 Å². The van der Waals surface area contributed by atoms with Crippen molar-refractivity contribution < 1.29 is 36.7 Å². The average molecular weight is 603 g/mol. The zero-order valence-corrected chi connectivity index (χ0v) is 22.1. The molecule has 1 aliphatic rings. The van der Waals surface area contributed by atoms with Crippen LogP contribution in [0, 0.1) is 5.82 Å². The number of aromatic nitrogens is 2. The maximum absolute atomic E-state index is 14.4. The second-order valence-corrected chi connectivity index (χ2v) is 9.35. The molecular weight excluding hydrogens is 584 g/mol. The number of pyridine rings is 1. The molecule has 4 aromatic rings. The molecule has 42 heavy (non-hydrogen) atoms. The van der Waals surface area contributed by atoms with E-state index in [1.165, 1.54) is 43.5 Å². The first-order valence-corrected chi connectivity index (χ1v) is 12.5. The number of oxazole rings is 1. The summed E-state index contributed by atoms with van der Waals surface area (Å²) in [4.78, 5) is 37.5. The molecule has 0 saturated heterocycles. The predicted octanol–water partition coefficient (Wildman–Crippen LogP) is 6.01. The van der Waals surface area contributed by atoms with Crippen molar-refractivity contribution in [3.05, 3.63) is 93.5 Å². The van der Waals surface area contributed by atoms with Gasteiger partial charge in [-0.05, 0) is 31.2 Å². The van der Waals surface area contributed by atoms with E-state index >= 15 is 0 Å². The monoisotopic (exact) mass is 602 g/mol. The number of guanidine groups is 1. The van der Waals surface area contributed by atoms with Crippen molar-refractivity contribution in [2.45, 2.75) is 25.6 Å². The molecule has 2 unspecified atom stereocenters. The highest BCUT2D eigenvalue weighted by Gasteiger charge is 2.34. The molecule has 1 amide bonds. The molecule has 0 saturated carbocycles. The summed E-state index contributed by atoms with van der Waals surface area (Å²) in [6, 6.07) is 8.54. The molecule has 3 heterocycles. The number of rotatable bonds is 7. The van der Waals surface area contributed by atoms with Crippen LogP contribution in [-0.4, -0.2) is 39.3 Å². The summed E-state index contributed by atoms with van der Waals surface area (Å²) in [5.74, 6) is -2.68. The Kier molecular flexibility index (Phi) is 7.81. The highest BCUT2D eigenvalue weighted by Crippen LogP contribution is 2.40. The van der Waals surface area contributed by atoms with Gasteiger partial charge in [0.15, 0.2) is 11.8 Å². The number of carbonyl (C=O) groups is 2. The zero-order valence-electron chi connectivity index (χ0n) is 21.3. The standard InChI is InChI=1S/C27H19ClF4N6O4/c1-11-19(24(39)36-18-9-12(25(40)41)7-8-33-18)22(15-4-2-3-14(20(15)28)21(30)23(31)32)37-26(34-11)38-27-35-16-6-5-13(29)10-17(16)42-27/h2-10,21-23H,1H3,(H,40,41)(H,33,36,39)(H2,34,35,37,38). The van der Waals surface area contributed by atoms with E-state index in [4.69, 9.17) is 16.0 Å². The molecule has 0 spiro atoms. The molecule has 10 nitrogen and oxygen atoms in total. The fourth-order valence-electron chi connectivity index (χ4n) is 4.26. The van der Waals surface area contributed by atoms with Gasteiger partial charge in [0.25, 0.3) is 12.3 Å². The number of carbonyl (C=O) groups excluding carboxylic acids is 1. The number of carboxylic acids is 1. The molecule has 216 valence electrons. The molecule has 1 aliphatic heterocycles. The van der Waals surface area contributed by atoms with Crippen LogP contribution in [0.1, 0.15) is 40.6 Å². The predicted molar refractivity (Wildman–Crippen MR) is 145 cm³/mol. The third kappa shape index (κ3) is 5.74. The van der Waals surface area contributed by atoms with Crippen LogP contribution in [0.2, 0.25) is 5.02 Å². The van der Waals surface area contributed by atoms with Gasteiger partial charge in [-0.15, -0.1) is 0 Å². The highest BCUT2D eigenvalue weighted by molar-refractivity contribution is 6.32. The Bertz CT molecular complexity index is 1780. The number of halogens is 5. The molecule has 2 aromatic heterocycles. The molecule has 0 radical (unpaired) electrons. The first-order valence-electron chi connectivity index (χ1n) is 12.1. The number of amides is 1. The van der Waals surface area contributed by atoms with E-state index in [2.05, 4.69) is 30.9 Å². The topological polar surface area (TPSA) is 142 Å². The Hall–Kier alpha value is -4.98. The molecule has 0 aliphatic carbocycles. The van der Waals surface area contributed by atoms with Crippen LogP contribution >= 0.6 is 11.6 Å². The average Bonchev–Trinajstić information content (AvgIpc) is 3.33. The van der Waals surface area contributed by atoms with Gasteiger partial charge in [0.2, 0.25) is 5.96 Å². The Morgan fingerprint density at radius 2 is 1.93 bits per heavy atom. The number of fused-ring (bicyclic) bond motifs is 1. The molecule has 15 heteroatoms. The summed E-state index contributed by atoms with van der Waals surface area (Å²) in [7, 11) is 0. The van der Waals surface area contributed by atoms with Gasteiger partial charge in [-0.25, -0.2) is 32.3 Å². The van der Waals surface area contributed by atoms with Crippen molar-refractivity contribution in [2.24, 2.45) is 4.99 Å². The second-order valence-electron chi connectivity index (χ2n) is 8.98. The Morgan fingerprint density at radius 3 is 2.67 bits per heavy atom. The van der Waals surface area contributed by atoms with E-state index in [0.29, 0.717) is 5.52 Å². The van der Waals surface area contributed by atoms with Crippen LogP contribution in [0.5, 0.6) is 0 Å². The van der Waals surface area contributed by atoms with Crippen LogP contribution in [0.15, 0.2) is 75.4 Å². The van der Waals surface area contributed by atoms with Crippen molar-refractivity contribution in [1.82, 2.24) is 15.3 Å². The minimum Gasteiger partial charge on any atom is -0.478 e. The number of aromatic carboxylic acids is 1. The summed E-state index contributed by atoms with van der Waals surface area (Å²) < 4.78 is 60.0. The number of anilines is 2. The third-order valence-corrected chi connectivity index (χ3v) is 6.62. The van der Waals surface area contributed by atoms with Gasteiger partial charge >= 0.3 is 12.0 Å². The van der Waals surface area contributed by atoms with E-state index in [1.54, 1.807) is 0 Å². The molecule has 0 bridgehead atoms. The quantitative estimate of drug-likeness (QED) is 0.188. The fraction of sp³-hybridized carbons (Fsp3) is 0.148. The van der Waals surface area contributed by atoms with Crippen molar-refractivity contribution >= 4 is 52.4 Å². The maximum atomic E-state index is 14.4. The van der Waals surface area contributed by atoms with E-state index in [9.17, 15) is 32.3 Å². The first-order chi connectivity index (χ1) is 20.0. The van der Waals surface area contributed by atoms with Crippen LogP contribution in [0.4, 0.5) is 29.4 Å². The number of benzene rings is 2. The number of alkyl halides is 3. The van der Waals surface area contributed by atoms with Gasteiger partial charge in [-0.2, -0.15) is 4.98 Å². The lowest BCUT2D eigenvalue weighted by Gasteiger charge is -2.27. The second kappa shape index (κ2) is 11.5. The van der Waals surface area contributed by atoms with Gasteiger partial charge in [0, 0.05) is 29.1 Å². The summed E-state index contributed by atoms with van der Waals surface area (Å²) in [6.07, 6.45) is -4.87. The number of aliphatic imine (C=N–C) groups is 1. The third-order valence-electron chi connectivity index (χ3n) is 6.18. The van der Waals surface area contributed by atoms with E-state index < -0.39 is 41.9 Å². The normalized spacial score (nSPS) is 15.8. The van der Waals surface area contributed by atoms with Crippen LogP contribution in [0.3, 0.4) is 0 Å². The van der Waals surface area contributed by atoms with Gasteiger partial charge < -0.3 is 20.2 Å². The molecule has 0 fully saturated rings. The lowest BCUT2D eigenvalue weighted by atomic mass is 9.93. The number of allylic oxidation sites excluding steroid dienone is 1.